The Hall–Kier alpha value is -2.04. The van der Waals surface area contributed by atoms with E-state index in [4.69, 9.17) is 9.84 Å². The Balaban J connectivity index is 1.81. The topological polar surface area (TPSA) is 75.6 Å². The van der Waals surface area contributed by atoms with E-state index in [0.717, 1.165) is 11.3 Å². The molecule has 0 radical (unpaired) electrons. The van der Waals surface area contributed by atoms with Gasteiger partial charge in [0.1, 0.15) is 5.75 Å². The van der Waals surface area contributed by atoms with Crippen LogP contribution in [0.1, 0.15) is 38.7 Å². The number of benzene rings is 1. The molecule has 0 aromatic heterocycles. The van der Waals surface area contributed by atoms with Crippen molar-refractivity contribution in [1.29, 1.82) is 0 Å². The van der Waals surface area contributed by atoms with Gasteiger partial charge in [-0.25, -0.2) is 0 Å². The van der Waals surface area contributed by atoms with Gasteiger partial charge in [-0.1, -0.05) is 18.2 Å². The Kier molecular flexibility index (Phi) is 6.02. The summed E-state index contributed by atoms with van der Waals surface area (Å²) in [6, 6.07) is 7.83. The second kappa shape index (κ2) is 7.99. The Morgan fingerprint density at radius 3 is 2.61 bits per heavy atom. The van der Waals surface area contributed by atoms with E-state index in [-0.39, 0.29) is 23.8 Å². The number of carboxylic acid groups (broad SMARTS) is 1. The van der Waals surface area contributed by atoms with Crippen LogP contribution < -0.4 is 10.1 Å². The van der Waals surface area contributed by atoms with Crippen molar-refractivity contribution in [3.05, 3.63) is 29.8 Å². The third-order valence-corrected chi connectivity index (χ3v) is 4.18. The highest BCUT2D eigenvalue weighted by Gasteiger charge is 2.33. The molecule has 0 spiro atoms. The number of hydrogen-bond acceptors (Lipinski definition) is 3. The van der Waals surface area contributed by atoms with Crippen molar-refractivity contribution in [2.45, 2.75) is 45.6 Å². The van der Waals surface area contributed by atoms with Crippen molar-refractivity contribution in [3.63, 3.8) is 0 Å². The van der Waals surface area contributed by atoms with Gasteiger partial charge >= 0.3 is 5.97 Å². The van der Waals surface area contributed by atoms with E-state index in [0.29, 0.717) is 32.2 Å². The number of aliphatic carboxylic acids is 1. The quantitative estimate of drug-likeness (QED) is 0.810. The Bertz CT molecular complexity index is 556. The molecule has 0 unspecified atom stereocenters. The molecule has 1 fully saturated rings. The summed E-state index contributed by atoms with van der Waals surface area (Å²) in [4.78, 5) is 23.1. The Morgan fingerprint density at radius 2 is 1.96 bits per heavy atom. The SMILES string of the molecule is CC(C)Oc1ccccc1CCNC(=O)[C@@H]1CC[C@H](C(=O)O)C1. The highest BCUT2D eigenvalue weighted by molar-refractivity contribution is 5.80. The van der Waals surface area contributed by atoms with E-state index in [9.17, 15) is 9.59 Å². The van der Waals surface area contributed by atoms with Gasteiger partial charge in [-0.3, -0.25) is 9.59 Å². The minimum atomic E-state index is -0.792. The van der Waals surface area contributed by atoms with E-state index in [1.54, 1.807) is 0 Å². The molecule has 1 aromatic carbocycles. The lowest BCUT2D eigenvalue weighted by atomic mass is 10.0. The summed E-state index contributed by atoms with van der Waals surface area (Å²) in [6.45, 7) is 4.50. The molecule has 5 heteroatoms. The third-order valence-electron chi connectivity index (χ3n) is 4.18. The van der Waals surface area contributed by atoms with Gasteiger partial charge in [0.15, 0.2) is 0 Å². The van der Waals surface area contributed by atoms with Crippen LogP contribution in [0, 0.1) is 11.8 Å². The van der Waals surface area contributed by atoms with Gasteiger partial charge in [0.25, 0.3) is 0 Å². The Labute approximate surface area is 137 Å². The van der Waals surface area contributed by atoms with Crippen molar-refractivity contribution in [1.82, 2.24) is 5.32 Å². The number of carbonyl (C=O) groups is 2. The first-order chi connectivity index (χ1) is 11.0. The van der Waals surface area contributed by atoms with Crippen LogP contribution in [0.3, 0.4) is 0 Å². The van der Waals surface area contributed by atoms with Crippen LogP contribution in [0.15, 0.2) is 24.3 Å². The van der Waals surface area contributed by atoms with Crippen LogP contribution in [0.4, 0.5) is 0 Å². The molecule has 23 heavy (non-hydrogen) atoms. The zero-order valence-electron chi connectivity index (χ0n) is 13.7. The summed E-state index contributed by atoms with van der Waals surface area (Å²) in [6.07, 6.45) is 2.52. The second-order valence-corrected chi connectivity index (χ2v) is 6.36. The largest absolute Gasteiger partial charge is 0.491 e. The summed E-state index contributed by atoms with van der Waals surface area (Å²) in [5.74, 6) is -0.510. The molecule has 0 saturated heterocycles. The van der Waals surface area contributed by atoms with Gasteiger partial charge in [0.2, 0.25) is 5.91 Å². The fraction of sp³-hybridized carbons (Fsp3) is 0.556. The molecule has 1 saturated carbocycles. The van der Waals surface area contributed by atoms with Gasteiger partial charge in [-0.15, -0.1) is 0 Å². The summed E-state index contributed by atoms with van der Waals surface area (Å²) in [7, 11) is 0. The average Bonchev–Trinajstić information content (AvgIpc) is 2.98. The van der Waals surface area contributed by atoms with Crippen LogP contribution in [0.2, 0.25) is 0 Å². The lowest BCUT2D eigenvalue weighted by molar-refractivity contribution is -0.141. The summed E-state index contributed by atoms with van der Waals surface area (Å²) < 4.78 is 5.77. The first kappa shape index (κ1) is 17.3. The fourth-order valence-electron chi connectivity index (χ4n) is 2.99. The van der Waals surface area contributed by atoms with E-state index < -0.39 is 5.97 Å². The van der Waals surface area contributed by atoms with Gasteiger partial charge in [-0.2, -0.15) is 0 Å². The molecular formula is C18H25NO4. The highest BCUT2D eigenvalue weighted by atomic mass is 16.5. The molecular weight excluding hydrogens is 294 g/mol. The van der Waals surface area contributed by atoms with Crippen LogP contribution >= 0.6 is 0 Å². The van der Waals surface area contributed by atoms with Gasteiger partial charge in [0, 0.05) is 12.5 Å². The first-order valence-electron chi connectivity index (χ1n) is 8.22. The van der Waals surface area contributed by atoms with E-state index in [1.807, 2.05) is 38.1 Å². The molecule has 126 valence electrons. The number of carbonyl (C=O) groups excluding carboxylic acids is 1. The molecule has 1 aromatic rings. The predicted octanol–water partition coefficient (Wildman–Crippen LogP) is 2.63. The minimum Gasteiger partial charge on any atom is -0.491 e. The van der Waals surface area contributed by atoms with Crippen LogP contribution in [-0.2, 0) is 16.0 Å². The second-order valence-electron chi connectivity index (χ2n) is 6.36. The smallest absolute Gasteiger partial charge is 0.306 e. The van der Waals surface area contributed by atoms with E-state index in [1.165, 1.54) is 0 Å². The number of hydrogen-bond donors (Lipinski definition) is 2. The highest BCUT2D eigenvalue weighted by Crippen LogP contribution is 2.31. The number of ether oxygens (including phenoxy) is 1. The lowest BCUT2D eigenvalue weighted by Gasteiger charge is -2.15. The lowest BCUT2D eigenvalue weighted by Crippen LogP contribution is -2.31. The first-order valence-corrected chi connectivity index (χ1v) is 8.22. The van der Waals surface area contributed by atoms with Gasteiger partial charge in [-0.05, 0) is 51.2 Å². The van der Waals surface area contributed by atoms with Crippen molar-refractivity contribution >= 4 is 11.9 Å². The number of amides is 1. The summed E-state index contributed by atoms with van der Waals surface area (Å²) in [5, 5.41) is 11.9. The van der Waals surface area contributed by atoms with Gasteiger partial charge < -0.3 is 15.2 Å². The minimum absolute atomic E-state index is 0.0315. The third kappa shape index (κ3) is 4.98. The molecule has 0 aliphatic heterocycles. The van der Waals surface area contributed by atoms with Crippen LogP contribution in [0.25, 0.3) is 0 Å². The molecule has 0 heterocycles. The van der Waals surface area contributed by atoms with Crippen LogP contribution in [0.5, 0.6) is 5.75 Å². The van der Waals surface area contributed by atoms with Crippen molar-refractivity contribution in [2.24, 2.45) is 11.8 Å². The van der Waals surface area contributed by atoms with Crippen molar-refractivity contribution in [2.75, 3.05) is 6.54 Å². The molecule has 1 aliphatic carbocycles. The molecule has 1 amide bonds. The van der Waals surface area contributed by atoms with Crippen LogP contribution in [-0.4, -0.2) is 29.6 Å². The monoisotopic (exact) mass is 319 g/mol. The summed E-state index contributed by atoms with van der Waals surface area (Å²) >= 11 is 0. The number of nitrogens with one attached hydrogen (secondary N) is 1. The number of para-hydroxylation sites is 1. The Morgan fingerprint density at radius 1 is 1.26 bits per heavy atom. The molecule has 2 atom stereocenters. The van der Waals surface area contributed by atoms with Crippen molar-refractivity contribution < 1.29 is 19.4 Å². The predicted molar refractivity (Wildman–Crippen MR) is 87.4 cm³/mol. The van der Waals surface area contributed by atoms with Gasteiger partial charge in [0.05, 0.1) is 12.0 Å². The zero-order valence-corrected chi connectivity index (χ0v) is 13.7. The molecule has 2 N–H and O–H groups in total. The van der Waals surface area contributed by atoms with E-state index >= 15 is 0 Å². The maximum atomic E-state index is 12.1. The number of rotatable bonds is 7. The molecule has 2 rings (SSSR count). The normalized spacial score (nSPS) is 20.5. The maximum absolute atomic E-state index is 12.1. The molecule has 0 bridgehead atoms. The average molecular weight is 319 g/mol. The van der Waals surface area contributed by atoms with Crippen molar-refractivity contribution in [3.8, 4) is 5.75 Å². The maximum Gasteiger partial charge on any atom is 0.306 e. The standard InChI is InChI=1S/C18H25NO4/c1-12(2)23-16-6-4-3-5-13(16)9-10-19-17(20)14-7-8-15(11-14)18(21)22/h3-6,12,14-15H,7-11H2,1-2H3,(H,19,20)(H,21,22)/t14-,15+/m1/s1. The fourth-order valence-corrected chi connectivity index (χ4v) is 2.99. The molecule has 5 nitrogen and oxygen atoms in total. The summed E-state index contributed by atoms with van der Waals surface area (Å²) in [5.41, 5.74) is 1.07. The van der Waals surface area contributed by atoms with E-state index in [2.05, 4.69) is 5.32 Å². The zero-order chi connectivity index (χ0) is 16.8. The molecule has 1 aliphatic rings. The number of carboxylic acids is 1.